The maximum absolute atomic E-state index is 12.2. The van der Waals surface area contributed by atoms with Gasteiger partial charge in [-0.05, 0) is 32.1 Å². The summed E-state index contributed by atoms with van der Waals surface area (Å²) in [4.78, 5) is 17.0. The summed E-state index contributed by atoms with van der Waals surface area (Å²) in [5.41, 5.74) is 1.55. The molecule has 128 valence electrons. The second-order valence-corrected chi connectivity index (χ2v) is 6.26. The molecule has 0 bridgehead atoms. The number of nitrogens with one attached hydrogen (secondary N) is 1. The van der Waals surface area contributed by atoms with E-state index in [0.29, 0.717) is 12.1 Å². The molecule has 24 heavy (non-hydrogen) atoms. The van der Waals surface area contributed by atoms with Gasteiger partial charge < -0.3 is 15.1 Å². The van der Waals surface area contributed by atoms with E-state index in [1.165, 1.54) is 0 Å². The van der Waals surface area contributed by atoms with Crippen molar-refractivity contribution in [3.63, 3.8) is 0 Å². The number of amides is 1. The fourth-order valence-electron chi connectivity index (χ4n) is 2.84. The molecule has 2 heterocycles. The summed E-state index contributed by atoms with van der Waals surface area (Å²) in [7, 11) is 2.16. The predicted molar refractivity (Wildman–Crippen MR) is 94.5 cm³/mol. The van der Waals surface area contributed by atoms with E-state index >= 15 is 0 Å². The standard InChI is InChI=1S/C18H25N5O/c1-21-10-12-22(13-11-21)9-5-8-19-18(24)16-14-20-23(15-16)17-6-3-2-4-7-17/h2-4,6-7,14-15H,5,8-13H2,1H3,(H,19,24). The SMILES string of the molecule is CN1CCN(CCCNC(=O)c2cnn(-c3ccccc3)c2)CC1. The first-order valence-electron chi connectivity index (χ1n) is 8.51. The zero-order valence-electron chi connectivity index (χ0n) is 14.2. The quantitative estimate of drug-likeness (QED) is 0.811. The average Bonchev–Trinajstić information content (AvgIpc) is 3.11. The molecule has 1 amide bonds. The number of carbonyl (C=O) groups excluding carboxylic acids is 1. The van der Waals surface area contributed by atoms with E-state index in [0.717, 1.165) is 44.8 Å². The third-order valence-corrected chi connectivity index (χ3v) is 4.40. The van der Waals surface area contributed by atoms with Crippen LogP contribution in [0.2, 0.25) is 0 Å². The molecule has 1 aromatic heterocycles. The molecule has 3 rings (SSSR count). The van der Waals surface area contributed by atoms with Crippen LogP contribution in [0, 0.1) is 0 Å². The van der Waals surface area contributed by atoms with Crippen molar-refractivity contribution < 1.29 is 4.79 Å². The fraction of sp³-hybridized carbons (Fsp3) is 0.444. The summed E-state index contributed by atoms with van der Waals surface area (Å²) in [5, 5.41) is 7.24. The number of benzene rings is 1. The van der Waals surface area contributed by atoms with E-state index < -0.39 is 0 Å². The van der Waals surface area contributed by atoms with Gasteiger partial charge in [0, 0.05) is 38.9 Å². The average molecular weight is 327 g/mol. The van der Waals surface area contributed by atoms with Crippen LogP contribution in [-0.2, 0) is 0 Å². The lowest BCUT2D eigenvalue weighted by molar-refractivity contribution is 0.0949. The Morgan fingerprint density at radius 2 is 1.92 bits per heavy atom. The Morgan fingerprint density at radius 3 is 2.67 bits per heavy atom. The van der Waals surface area contributed by atoms with E-state index in [9.17, 15) is 4.79 Å². The minimum absolute atomic E-state index is 0.0597. The summed E-state index contributed by atoms with van der Waals surface area (Å²) >= 11 is 0. The largest absolute Gasteiger partial charge is 0.352 e. The molecule has 0 radical (unpaired) electrons. The van der Waals surface area contributed by atoms with Crippen LogP contribution in [-0.4, -0.2) is 71.8 Å². The van der Waals surface area contributed by atoms with E-state index in [-0.39, 0.29) is 5.91 Å². The Labute approximate surface area is 143 Å². The Bertz CT molecular complexity index is 646. The maximum atomic E-state index is 12.2. The molecule has 1 fully saturated rings. The molecule has 0 atom stereocenters. The molecule has 0 aliphatic carbocycles. The smallest absolute Gasteiger partial charge is 0.254 e. The number of piperazine rings is 1. The molecule has 1 aliphatic rings. The Kier molecular flexibility index (Phi) is 5.61. The minimum Gasteiger partial charge on any atom is -0.352 e. The van der Waals surface area contributed by atoms with Crippen molar-refractivity contribution in [2.24, 2.45) is 0 Å². The Hall–Kier alpha value is -2.18. The van der Waals surface area contributed by atoms with Crippen molar-refractivity contribution in [3.8, 4) is 5.69 Å². The molecule has 1 saturated heterocycles. The molecule has 1 N–H and O–H groups in total. The van der Waals surface area contributed by atoms with Gasteiger partial charge in [-0.15, -0.1) is 0 Å². The van der Waals surface area contributed by atoms with Crippen molar-refractivity contribution in [1.29, 1.82) is 0 Å². The first-order valence-corrected chi connectivity index (χ1v) is 8.51. The van der Waals surface area contributed by atoms with Crippen molar-refractivity contribution in [2.75, 3.05) is 46.3 Å². The highest BCUT2D eigenvalue weighted by Crippen LogP contribution is 2.07. The second kappa shape index (κ2) is 8.08. The van der Waals surface area contributed by atoms with Crippen LogP contribution in [0.15, 0.2) is 42.7 Å². The minimum atomic E-state index is -0.0597. The lowest BCUT2D eigenvalue weighted by atomic mass is 10.3. The first-order chi connectivity index (χ1) is 11.7. The number of aromatic nitrogens is 2. The summed E-state index contributed by atoms with van der Waals surface area (Å²) in [5.74, 6) is -0.0597. The molecule has 6 heteroatoms. The first kappa shape index (κ1) is 16.7. The van der Waals surface area contributed by atoms with Gasteiger partial charge in [-0.2, -0.15) is 5.10 Å². The molecule has 0 saturated carbocycles. The lowest BCUT2D eigenvalue weighted by Crippen LogP contribution is -2.45. The zero-order valence-corrected chi connectivity index (χ0v) is 14.2. The molecular formula is C18H25N5O. The molecule has 1 aliphatic heterocycles. The molecule has 0 spiro atoms. The number of hydrogen-bond acceptors (Lipinski definition) is 4. The number of para-hydroxylation sites is 1. The summed E-state index contributed by atoms with van der Waals surface area (Å²) in [6.45, 7) is 6.23. The topological polar surface area (TPSA) is 53.4 Å². The highest BCUT2D eigenvalue weighted by molar-refractivity contribution is 5.93. The van der Waals surface area contributed by atoms with Crippen LogP contribution in [0.5, 0.6) is 0 Å². The van der Waals surface area contributed by atoms with Crippen LogP contribution < -0.4 is 5.32 Å². The third kappa shape index (κ3) is 4.43. The number of likely N-dealkylation sites (N-methyl/N-ethyl adjacent to an activating group) is 1. The Morgan fingerprint density at radius 1 is 1.17 bits per heavy atom. The van der Waals surface area contributed by atoms with Crippen LogP contribution in [0.3, 0.4) is 0 Å². The highest BCUT2D eigenvalue weighted by atomic mass is 16.1. The van der Waals surface area contributed by atoms with Gasteiger partial charge in [-0.3, -0.25) is 4.79 Å². The molecule has 6 nitrogen and oxygen atoms in total. The van der Waals surface area contributed by atoms with Crippen molar-refractivity contribution in [2.45, 2.75) is 6.42 Å². The van der Waals surface area contributed by atoms with Gasteiger partial charge in [0.2, 0.25) is 0 Å². The van der Waals surface area contributed by atoms with Crippen LogP contribution in [0.1, 0.15) is 16.8 Å². The van der Waals surface area contributed by atoms with E-state index in [1.807, 2.05) is 30.3 Å². The van der Waals surface area contributed by atoms with Crippen LogP contribution in [0.4, 0.5) is 0 Å². The van der Waals surface area contributed by atoms with Gasteiger partial charge in [0.25, 0.3) is 5.91 Å². The highest BCUT2D eigenvalue weighted by Gasteiger charge is 2.13. The van der Waals surface area contributed by atoms with Crippen molar-refractivity contribution in [3.05, 3.63) is 48.3 Å². The van der Waals surface area contributed by atoms with Crippen LogP contribution in [0.25, 0.3) is 5.69 Å². The van der Waals surface area contributed by atoms with Gasteiger partial charge in [0.1, 0.15) is 0 Å². The van der Waals surface area contributed by atoms with Gasteiger partial charge in [-0.1, -0.05) is 18.2 Å². The number of rotatable bonds is 6. The lowest BCUT2D eigenvalue weighted by Gasteiger charge is -2.32. The number of carbonyl (C=O) groups is 1. The van der Waals surface area contributed by atoms with Crippen LogP contribution >= 0.6 is 0 Å². The summed E-state index contributed by atoms with van der Waals surface area (Å²) in [6.07, 6.45) is 4.36. The molecule has 1 aromatic carbocycles. The number of nitrogens with zero attached hydrogens (tertiary/aromatic N) is 4. The Balaban J connectivity index is 1.42. The van der Waals surface area contributed by atoms with Gasteiger partial charge in [0.05, 0.1) is 17.4 Å². The molecule has 0 unspecified atom stereocenters. The normalized spacial score (nSPS) is 16.2. The zero-order chi connectivity index (χ0) is 16.8. The van der Waals surface area contributed by atoms with Gasteiger partial charge in [0.15, 0.2) is 0 Å². The summed E-state index contributed by atoms with van der Waals surface area (Å²) < 4.78 is 1.72. The van der Waals surface area contributed by atoms with E-state index in [1.54, 1.807) is 17.1 Å². The predicted octanol–water partition coefficient (Wildman–Crippen LogP) is 1.24. The van der Waals surface area contributed by atoms with Crippen molar-refractivity contribution >= 4 is 5.91 Å². The van der Waals surface area contributed by atoms with Gasteiger partial charge in [-0.25, -0.2) is 4.68 Å². The molecular weight excluding hydrogens is 302 g/mol. The van der Waals surface area contributed by atoms with E-state index in [4.69, 9.17) is 0 Å². The van der Waals surface area contributed by atoms with Crippen molar-refractivity contribution in [1.82, 2.24) is 24.9 Å². The fourth-order valence-corrected chi connectivity index (χ4v) is 2.84. The second-order valence-electron chi connectivity index (χ2n) is 6.26. The monoisotopic (exact) mass is 327 g/mol. The number of hydrogen-bond donors (Lipinski definition) is 1. The van der Waals surface area contributed by atoms with Gasteiger partial charge >= 0.3 is 0 Å². The molecule has 2 aromatic rings. The third-order valence-electron chi connectivity index (χ3n) is 4.40. The van der Waals surface area contributed by atoms with E-state index in [2.05, 4.69) is 27.3 Å². The summed E-state index contributed by atoms with van der Waals surface area (Å²) in [6, 6.07) is 9.79. The maximum Gasteiger partial charge on any atom is 0.254 e.